The third kappa shape index (κ3) is 7.48. The SMILES string of the molecule is COc1ccc(/C=C/CO)c(CC/C=C\CCO[Si](C)(C)C(C)(C)C)c1. The molecule has 0 saturated heterocycles. The maximum absolute atomic E-state index is 8.99. The first-order valence-corrected chi connectivity index (χ1v) is 12.4. The molecule has 1 rings (SSSR count). The van der Waals surface area contributed by atoms with E-state index in [-0.39, 0.29) is 11.6 Å². The van der Waals surface area contributed by atoms with Crippen molar-refractivity contribution in [2.75, 3.05) is 20.3 Å². The van der Waals surface area contributed by atoms with Crippen LogP contribution in [0.1, 0.15) is 44.7 Å². The van der Waals surface area contributed by atoms with E-state index in [1.165, 1.54) is 5.56 Å². The third-order valence-corrected chi connectivity index (χ3v) is 9.59. The van der Waals surface area contributed by atoms with Crippen LogP contribution in [0.3, 0.4) is 0 Å². The number of hydrogen-bond donors (Lipinski definition) is 1. The van der Waals surface area contributed by atoms with Crippen LogP contribution in [0, 0.1) is 0 Å². The lowest BCUT2D eigenvalue weighted by atomic mass is 10.0. The molecule has 0 saturated carbocycles. The highest BCUT2D eigenvalue weighted by Crippen LogP contribution is 2.36. The standard InChI is InChI=1S/C22H36O3Si/c1-22(2,3)26(5,6)25-17-10-8-7-9-12-20-18-21(24-4)15-14-19(20)13-11-16-23/h7-8,11,13-15,18,23H,9-10,12,16-17H2,1-6H3/b8-7-,13-11+. The van der Waals surface area contributed by atoms with Crippen molar-refractivity contribution >= 4 is 14.4 Å². The fourth-order valence-corrected chi connectivity index (χ4v) is 3.40. The molecule has 0 unspecified atom stereocenters. The van der Waals surface area contributed by atoms with Gasteiger partial charge in [0.2, 0.25) is 0 Å². The fraction of sp³-hybridized carbons (Fsp3) is 0.545. The lowest BCUT2D eigenvalue weighted by molar-refractivity contribution is 0.294. The van der Waals surface area contributed by atoms with Crippen molar-refractivity contribution in [3.8, 4) is 5.75 Å². The molecule has 3 nitrogen and oxygen atoms in total. The van der Waals surface area contributed by atoms with Gasteiger partial charge in [0.05, 0.1) is 13.7 Å². The molecule has 0 aromatic heterocycles. The minimum Gasteiger partial charge on any atom is -0.497 e. The normalized spacial score (nSPS) is 13.0. The van der Waals surface area contributed by atoms with Crippen LogP contribution in [-0.2, 0) is 10.8 Å². The van der Waals surface area contributed by atoms with Gasteiger partial charge in [0.25, 0.3) is 0 Å². The van der Waals surface area contributed by atoms with Gasteiger partial charge in [0.15, 0.2) is 8.32 Å². The minimum absolute atomic E-state index is 0.0552. The van der Waals surface area contributed by atoms with E-state index in [0.717, 1.165) is 37.2 Å². The van der Waals surface area contributed by atoms with Gasteiger partial charge in [-0.05, 0) is 60.7 Å². The molecule has 0 fully saturated rings. The first-order valence-electron chi connectivity index (χ1n) is 9.44. The summed E-state index contributed by atoms with van der Waals surface area (Å²) in [4.78, 5) is 0. The zero-order chi connectivity index (χ0) is 19.6. The summed E-state index contributed by atoms with van der Waals surface area (Å²) in [6.45, 7) is 12.3. The number of methoxy groups -OCH3 is 1. The molecule has 1 aromatic rings. The van der Waals surface area contributed by atoms with Crippen LogP contribution in [0.5, 0.6) is 5.75 Å². The van der Waals surface area contributed by atoms with Crippen LogP contribution in [0.25, 0.3) is 6.08 Å². The first kappa shape index (κ1) is 22.7. The second-order valence-corrected chi connectivity index (χ2v) is 12.9. The number of hydrogen-bond acceptors (Lipinski definition) is 3. The molecule has 26 heavy (non-hydrogen) atoms. The van der Waals surface area contributed by atoms with Crippen LogP contribution < -0.4 is 4.74 Å². The highest BCUT2D eigenvalue weighted by atomic mass is 28.4. The van der Waals surface area contributed by atoms with Gasteiger partial charge in [-0.1, -0.05) is 51.1 Å². The Hall–Kier alpha value is -1.36. The van der Waals surface area contributed by atoms with Crippen LogP contribution in [0.15, 0.2) is 36.4 Å². The molecular weight excluding hydrogens is 340 g/mol. The van der Waals surface area contributed by atoms with Crippen LogP contribution in [0.2, 0.25) is 18.1 Å². The van der Waals surface area contributed by atoms with Crippen molar-refractivity contribution in [3.63, 3.8) is 0 Å². The number of aryl methyl sites for hydroxylation is 1. The lowest BCUT2D eigenvalue weighted by Gasteiger charge is -2.36. The molecule has 4 heteroatoms. The predicted octanol–water partition coefficient (Wildman–Crippen LogP) is 5.60. The maximum atomic E-state index is 8.99. The zero-order valence-corrected chi connectivity index (χ0v) is 18.3. The topological polar surface area (TPSA) is 38.7 Å². The van der Waals surface area contributed by atoms with E-state index in [4.69, 9.17) is 14.3 Å². The molecule has 0 spiro atoms. The molecule has 0 aliphatic carbocycles. The molecule has 0 aliphatic heterocycles. The minimum atomic E-state index is -1.63. The Balaban J connectivity index is 2.50. The van der Waals surface area contributed by atoms with Crippen LogP contribution in [-0.4, -0.2) is 33.7 Å². The van der Waals surface area contributed by atoms with Crippen molar-refractivity contribution < 1.29 is 14.3 Å². The molecule has 1 N–H and O–H groups in total. The number of ether oxygens (including phenoxy) is 1. The molecule has 0 atom stereocenters. The Morgan fingerprint density at radius 1 is 1.08 bits per heavy atom. The summed E-state index contributed by atoms with van der Waals surface area (Å²) in [7, 11) is 0.0524. The van der Waals surface area contributed by atoms with Crippen LogP contribution in [0.4, 0.5) is 0 Å². The van der Waals surface area contributed by atoms with Crippen molar-refractivity contribution in [2.45, 2.75) is 58.2 Å². The second-order valence-electron chi connectivity index (χ2n) is 8.06. The Bertz CT molecular complexity index is 598. The molecule has 1 aromatic carbocycles. The average Bonchev–Trinajstić information content (AvgIpc) is 2.58. The van der Waals surface area contributed by atoms with Crippen molar-refractivity contribution in [1.29, 1.82) is 0 Å². The van der Waals surface area contributed by atoms with Gasteiger partial charge in [-0.15, -0.1) is 0 Å². The van der Waals surface area contributed by atoms with Gasteiger partial charge in [0, 0.05) is 6.61 Å². The summed E-state index contributed by atoms with van der Waals surface area (Å²) in [5.41, 5.74) is 2.37. The van der Waals surface area contributed by atoms with E-state index in [0.29, 0.717) is 0 Å². The molecule has 0 heterocycles. The Morgan fingerprint density at radius 3 is 2.38 bits per heavy atom. The number of benzene rings is 1. The second kappa shape index (κ2) is 10.7. The van der Waals surface area contributed by atoms with Gasteiger partial charge >= 0.3 is 0 Å². The summed E-state index contributed by atoms with van der Waals surface area (Å²) < 4.78 is 11.5. The Labute approximate surface area is 160 Å². The molecule has 0 aliphatic rings. The van der Waals surface area contributed by atoms with Gasteiger partial charge in [-0.3, -0.25) is 0 Å². The first-order chi connectivity index (χ1) is 12.2. The average molecular weight is 377 g/mol. The summed E-state index contributed by atoms with van der Waals surface area (Å²) in [6.07, 6.45) is 11.1. The summed E-state index contributed by atoms with van der Waals surface area (Å²) in [6, 6.07) is 6.07. The Morgan fingerprint density at radius 2 is 1.77 bits per heavy atom. The maximum Gasteiger partial charge on any atom is 0.191 e. The molecule has 0 radical (unpaired) electrons. The number of allylic oxidation sites excluding steroid dienone is 1. The summed E-state index contributed by atoms with van der Waals surface area (Å²) in [5.74, 6) is 0.868. The van der Waals surface area contributed by atoms with Gasteiger partial charge in [-0.2, -0.15) is 0 Å². The fourth-order valence-electron chi connectivity index (χ4n) is 2.34. The van der Waals surface area contributed by atoms with E-state index in [1.807, 2.05) is 18.2 Å². The van der Waals surface area contributed by atoms with Gasteiger partial charge in [0.1, 0.15) is 5.75 Å². The van der Waals surface area contributed by atoms with Crippen LogP contribution >= 0.6 is 0 Å². The van der Waals surface area contributed by atoms with Crippen molar-refractivity contribution in [3.05, 3.63) is 47.6 Å². The van der Waals surface area contributed by atoms with Crippen molar-refractivity contribution in [2.24, 2.45) is 0 Å². The molecule has 0 bridgehead atoms. The van der Waals surface area contributed by atoms with E-state index in [1.54, 1.807) is 13.2 Å². The molecular formula is C22H36O3Si. The van der Waals surface area contributed by atoms with E-state index in [2.05, 4.69) is 52.1 Å². The third-order valence-electron chi connectivity index (χ3n) is 5.05. The van der Waals surface area contributed by atoms with Gasteiger partial charge < -0.3 is 14.3 Å². The van der Waals surface area contributed by atoms with E-state index in [9.17, 15) is 0 Å². The quantitative estimate of drug-likeness (QED) is 0.328. The van der Waals surface area contributed by atoms with Crippen molar-refractivity contribution in [1.82, 2.24) is 0 Å². The smallest absolute Gasteiger partial charge is 0.191 e. The van der Waals surface area contributed by atoms with E-state index >= 15 is 0 Å². The highest BCUT2D eigenvalue weighted by Gasteiger charge is 2.36. The Kier molecular flexibility index (Phi) is 9.34. The zero-order valence-electron chi connectivity index (χ0n) is 17.3. The van der Waals surface area contributed by atoms with Gasteiger partial charge in [-0.25, -0.2) is 0 Å². The number of aliphatic hydroxyl groups excluding tert-OH is 1. The molecule has 0 amide bonds. The lowest BCUT2D eigenvalue weighted by Crippen LogP contribution is -2.40. The number of rotatable bonds is 10. The van der Waals surface area contributed by atoms with E-state index < -0.39 is 8.32 Å². The largest absolute Gasteiger partial charge is 0.497 e. The highest BCUT2D eigenvalue weighted by molar-refractivity contribution is 6.74. The summed E-state index contributed by atoms with van der Waals surface area (Å²) >= 11 is 0. The number of aliphatic hydroxyl groups is 1. The monoisotopic (exact) mass is 376 g/mol. The molecule has 146 valence electrons. The predicted molar refractivity (Wildman–Crippen MR) is 114 cm³/mol. The summed E-state index contributed by atoms with van der Waals surface area (Å²) in [5, 5.41) is 9.26.